The molecule has 1 amide bonds. The summed E-state index contributed by atoms with van der Waals surface area (Å²) in [5, 5.41) is 23.4. The standard InChI is InChI=1S/C67H131NO5/c1-3-5-7-9-11-13-15-17-19-27-31-35-39-43-47-51-55-59-65(70)64(63-69)68-66(71)60-56-52-48-44-40-36-32-29-25-23-21-22-24-26-30-34-38-42-46-50-54-58-62-73-67(72)61-57-53-49-45-41-37-33-28-20-18-16-14-12-10-8-6-4-2/h18,20,64-65,69-70H,3-17,19,21-63H2,1-2H3,(H,68,71)/b20-18-. The van der Waals surface area contributed by atoms with Crippen molar-refractivity contribution in [1.82, 2.24) is 5.32 Å². The van der Waals surface area contributed by atoms with E-state index in [0.717, 1.165) is 44.9 Å². The summed E-state index contributed by atoms with van der Waals surface area (Å²) < 4.78 is 5.50. The third-order valence-electron chi connectivity index (χ3n) is 15.8. The van der Waals surface area contributed by atoms with E-state index in [9.17, 15) is 19.8 Å². The van der Waals surface area contributed by atoms with E-state index in [-0.39, 0.29) is 18.5 Å². The van der Waals surface area contributed by atoms with Gasteiger partial charge in [0.25, 0.3) is 0 Å². The number of carbonyl (C=O) groups is 2. The van der Waals surface area contributed by atoms with Gasteiger partial charge in [0, 0.05) is 12.8 Å². The van der Waals surface area contributed by atoms with Crippen molar-refractivity contribution in [2.24, 2.45) is 0 Å². The summed E-state index contributed by atoms with van der Waals surface area (Å²) in [7, 11) is 0. The Morgan fingerprint density at radius 3 is 0.973 bits per heavy atom. The minimum atomic E-state index is -0.664. The molecular weight excluding hydrogens is 899 g/mol. The van der Waals surface area contributed by atoms with Crippen molar-refractivity contribution in [3.8, 4) is 0 Å². The van der Waals surface area contributed by atoms with E-state index in [2.05, 4.69) is 31.3 Å². The molecule has 0 heterocycles. The van der Waals surface area contributed by atoms with Crippen LogP contribution in [0.25, 0.3) is 0 Å². The van der Waals surface area contributed by atoms with Crippen LogP contribution >= 0.6 is 0 Å². The molecule has 0 aliphatic rings. The normalized spacial score (nSPS) is 12.5. The smallest absolute Gasteiger partial charge is 0.305 e. The Balaban J connectivity index is 3.36. The Hall–Kier alpha value is -1.40. The van der Waals surface area contributed by atoms with Crippen molar-refractivity contribution in [1.29, 1.82) is 0 Å². The first-order valence-corrected chi connectivity index (χ1v) is 33.4. The first-order valence-electron chi connectivity index (χ1n) is 33.4. The first kappa shape index (κ1) is 71.6. The lowest BCUT2D eigenvalue weighted by atomic mass is 10.0. The van der Waals surface area contributed by atoms with Gasteiger partial charge in [0.05, 0.1) is 25.4 Å². The van der Waals surface area contributed by atoms with Gasteiger partial charge in [-0.15, -0.1) is 0 Å². The molecule has 6 heteroatoms. The zero-order chi connectivity index (χ0) is 52.9. The number of rotatable bonds is 63. The highest BCUT2D eigenvalue weighted by Crippen LogP contribution is 2.19. The maximum Gasteiger partial charge on any atom is 0.305 e. The molecule has 0 bridgehead atoms. The molecule has 0 aliphatic heterocycles. The van der Waals surface area contributed by atoms with Crippen molar-refractivity contribution < 1.29 is 24.5 Å². The molecule has 0 aliphatic carbocycles. The molecular formula is C67H131NO5. The molecule has 2 unspecified atom stereocenters. The largest absolute Gasteiger partial charge is 0.466 e. The number of unbranched alkanes of at least 4 members (excludes halogenated alkanes) is 50. The van der Waals surface area contributed by atoms with Gasteiger partial charge < -0.3 is 20.3 Å². The molecule has 434 valence electrons. The van der Waals surface area contributed by atoms with Gasteiger partial charge in [-0.05, 0) is 51.4 Å². The number of allylic oxidation sites excluding steroid dienone is 2. The van der Waals surface area contributed by atoms with Crippen LogP contribution in [0, 0.1) is 0 Å². The van der Waals surface area contributed by atoms with Crippen LogP contribution in [0.1, 0.15) is 380 Å². The summed E-state index contributed by atoms with van der Waals surface area (Å²) in [5.41, 5.74) is 0. The van der Waals surface area contributed by atoms with Gasteiger partial charge in [-0.3, -0.25) is 9.59 Å². The van der Waals surface area contributed by atoms with E-state index in [1.54, 1.807) is 0 Å². The van der Waals surface area contributed by atoms with Gasteiger partial charge in [0.1, 0.15) is 0 Å². The van der Waals surface area contributed by atoms with Gasteiger partial charge in [0.15, 0.2) is 0 Å². The molecule has 0 saturated carbocycles. The molecule has 0 aromatic rings. The number of hydrogen-bond acceptors (Lipinski definition) is 5. The second kappa shape index (κ2) is 63.1. The van der Waals surface area contributed by atoms with Crippen LogP contribution in [0.5, 0.6) is 0 Å². The number of esters is 1. The minimum absolute atomic E-state index is 0.0110. The zero-order valence-electron chi connectivity index (χ0n) is 49.6. The van der Waals surface area contributed by atoms with E-state index in [1.165, 1.54) is 302 Å². The number of aliphatic hydroxyl groups excluding tert-OH is 2. The highest BCUT2D eigenvalue weighted by molar-refractivity contribution is 5.76. The number of amides is 1. The molecule has 6 nitrogen and oxygen atoms in total. The highest BCUT2D eigenvalue weighted by atomic mass is 16.5. The fourth-order valence-corrected chi connectivity index (χ4v) is 10.7. The van der Waals surface area contributed by atoms with Crippen LogP contribution in [0.3, 0.4) is 0 Å². The maximum atomic E-state index is 12.5. The number of nitrogens with one attached hydrogen (secondary N) is 1. The molecule has 3 N–H and O–H groups in total. The van der Waals surface area contributed by atoms with Crippen molar-refractivity contribution in [3.63, 3.8) is 0 Å². The van der Waals surface area contributed by atoms with E-state index >= 15 is 0 Å². The summed E-state index contributed by atoms with van der Waals surface area (Å²) in [4.78, 5) is 24.6. The lowest BCUT2D eigenvalue weighted by molar-refractivity contribution is -0.143. The Morgan fingerprint density at radius 1 is 0.370 bits per heavy atom. The SMILES string of the molecule is CCCCCCCC/C=C\CCCCCCCCCC(=O)OCCCCCCCCCCCCCCCCCCCCCCCCC(=O)NC(CO)C(O)CCCCCCCCCCCCCCCCCCC. The average Bonchev–Trinajstić information content (AvgIpc) is 3.39. The zero-order valence-corrected chi connectivity index (χ0v) is 49.6. The molecule has 0 rings (SSSR count). The highest BCUT2D eigenvalue weighted by Gasteiger charge is 2.20. The summed E-state index contributed by atoms with van der Waals surface area (Å²) in [6.45, 7) is 4.98. The lowest BCUT2D eigenvalue weighted by Gasteiger charge is -2.22. The molecule has 0 fully saturated rings. The van der Waals surface area contributed by atoms with E-state index in [4.69, 9.17) is 4.74 Å². The molecule has 0 aromatic carbocycles. The predicted octanol–water partition coefficient (Wildman–Crippen LogP) is 21.2. The number of ether oxygens (including phenoxy) is 1. The average molecular weight is 1030 g/mol. The third kappa shape index (κ3) is 59.7. The number of hydrogen-bond donors (Lipinski definition) is 3. The van der Waals surface area contributed by atoms with Crippen molar-refractivity contribution in [3.05, 3.63) is 12.2 Å². The van der Waals surface area contributed by atoms with Crippen LogP contribution in [0.2, 0.25) is 0 Å². The van der Waals surface area contributed by atoms with Crippen LogP contribution in [0.4, 0.5) is 0 Å². The second-order valence-corrected chi connectivity index (χ2v) is 23.2. The van der Waals surface area contributed by atoms with Crippen LogP contribution < -0.4 is 5.32 Å². The van der Waals surface area contributed by atoms with Gasteiger partial charge in [-0.25, -0.2) is 0 Å². The monoisotopic (exact) mass is 1030 g/mol. The fourth-order valence-electron chi connectivity index (χ4n) is 10.7. The van der Waals surface area contributed by atoms with Crippen molar-refractivity contribution in [2.75, 3.05) is 13.2 Å². The van der Waals surface area contributed by atoms with E-state index in [1.807, 2.05) is 0 Å². The topological polar surface area (TPSA) is 95.9 Å². The van der Waals surface area contributed by atoms with Crippen molar-refractivity contribution in [2.45, 2.75) is 392 Å². The third-order valence-corrected chi connectivity index (χ3v) is 15.8. The van der Waals surface area contributed by atoms with E-state index < -0.39 is 12.1 Å². The Morgan fingerprint density at radius 2 is 0.644 bits per heavy atom. The molecule has 0 spiro atoms. The quantitative estimate of drug-likeness (QED) is 0.0320. The van der Waals surface area contributed by atoms with Gasteiger partial charge in [0.2, 0.25) is 5.91 Å². The lowest BCUT2D eigenvalue weighted by Crippen LogP contribution is -2.45. The Bertz CT molecular complexity index is 1100. The molecule has 0 radical (unpaired) electrons. The summed E-state index contributed by atoms with van der Waals surface area (Å²) >= 11 is 0. The maximum absolute atomic E-state index is 12.5. The minimum Gasteiger partial charge on any atom is -0.466 e. The van der Waals surface area contributed by atoms with E-state index in [0.29, 0.717) is 25.9 Å². The Kier molecular flexibility index (Phi) is 61.9. The number of aliphatic hydroxyl groups is 2. The molecule has 0 saturated heterocycles. The molecule has 2 atom stereocenters. The van der Waals surface area contributed by atoms with Crippen LogP contribution in [-0.4, -0.2) is 47.4 Å². The predicted molar refractivity (Wildman–Crippen MR) is 320 cm³/mol. The van der Waals surface area contributed by atoms with Gasteiger partial charge in [-0.1, -0.05) is 328 Å². The molecule has 73 heavy (non-hydrogen) atoms. The van der Waals surface area contributed by atoms with Gasteiger partial charge in [-0.2, -0.15) is 0 Å². The molecule has 0 aromatic heterocycles. The summed E-state index contributed by atoms with van der Waals surface area (Å²) in [6.07, 6.45) is 76.6. The second-order valence-electron chi connectivity index (χ2n) is 23.2. The van der Waals surface area contributed by atoms with Crippen molar-refractivity contribution >= 4 is 11.9 Å². The fraction of sp³-hybridized carbons (Fsp3) is 0.940. The number of carbonyl (C=O) groups excluding carboxylic acids is 2. The summed E-state index contributed by atoms with van der Waals surface area (Å²) in [6, 6.07) is -0.541. The van der Waals surface area contributed by atoms with Crippen LogP contribution in [-0.2, 0) is 14.3 Å². The Labute approximate surface area is 457 Å². The summed E-state index contributed by atoms with van der Waals surface area (Å²) in [5.74, 6) is -0.0206. The van der Waals surface area contributed by atoms with Gasteiger partial charge >= 0.3 is 5.97 Å². The first-order chi connectivity index (χ1) is 36.0. The van der Waals surface area contributed by atoms with Crippen LogP contribution in [0.15, 0.2) is 12.2 Å².